The lowest BCUT2D eigenvalue weighted by atomic mass is 9.91. The number of anilines is 1. The highest BCUT2D eigenvalue weighted by molar-refractivity contribution is 6.45. The fraction of sp³-hybridized carbons (Fsp3) is 0.385. The number of methoxy groups -OCH3 is 1. The van der Waals surface area contributed by atoms with E-state index in [1.165, 1.54) is 4.90 Å². The number of likely N-dealkylation sites (tertiary alicyclic amines) is 1. The first-order valence-corrected chi connectivity index (χ1v) is 11.2. The Balaban J connectivity index is 1.82. The number of hydrogen-bond donors (Lipinski definition) is 0. The van der Waals surface area contributed by atoms with Crippen LogP contribution in [0.15, 0.2) is 54.2 Å². The SMILES string of the molecule is CCOc1ccc(C2=C(N3CC(C)CC(C)C3)C(=O)N(c3ccccc3OC)C2=O)cc1. The van der Waals surface area contributed by atoms with Gasteiger partial charge in [0, 0.05) is 13.1 Å². The molecule has 0 N–H and O–H groups in total. The lowest BCUT2D eigenvalue weighted by Gasteiger charge is -2.37. The van der Waals surface area contributed by atoms with Gasteiger partial charge in [-0.15, -0.1) is 0 Å². The summed E-state index contributed by atoms with van der Waals surface area (Å²) in [4.78, 5) is 30.9. The van der Waals surface area contributed by atoms with Gasteiger partial charge >= 0.3 is 0 Å². The summed E-state index contributed by atoms with van der Waals surface area (Å²) in [5.41, 5.74) is 2.08. The van der Waals surface area contributed by atoms with E-state index in [1.807, 2.05) is 37.3 Å². The van der Waals surface area contributed by atoms with Gasteiger partial charge in [-0.1, -0.05) is 38.1 Å². The summed E-state index contributed by atoms with van der Waals surface area (Å²) in [7, 11) is 1.54. The molecule has 6 heteroatoms. The summed E-state index contributed by atoms with van der Waals surface area (Å²) in [5, 5.41) is 0. The Hall–Kier alpha value is -3.28. The average molecular weight is 435 g/mol. The minimum absolute atomic E-state index is 0.301. The number of ether oxygens (including phenoxy) is 2. The standard InChI is InChI=1S/C26H30N2O4/c1-5-32-20-12-10-19(11-13-20)23-24(27-15-17(2)14-18(3)16-27)26(30)28(25(23)29)21-8-6-7-9-22(21)31-4/h6-13,17-18H,5,14-16H2,1-4H3. The van der Waals surface area contributed by atoms with Gasteiger partial charge in [0.15, 0.2) is 0 Å². The molecule has 6 nitrogen and oxygen atoms in total. The van der Waals surface area contributed by atoms with Crippen molar-refractivity contribution in [3.63, 3.8) is 0 Å². The van der Waals surface area contributed by atoms with Crippen molar-refractivity contribution in [1.82, 2.24) is 4.90 Å². The Kier molecular flexibility index (Phi) is 6.21. The third-order valence-corrected chi connectivity index (χ3v) is 6.02. The molecule has 1 saturated heterocycles. The molecule has 2 aromatic rings. The van der Waals surface area contributed by atoms with Gasteiger partial charge in [0.25, 0.3) is 11.8 Å². The Morgan fingerprint density at radius 2 is 1.59 bits per heavy atom. The van der Waals surface area contributed by atoms with Gasteiger partial charge in [-0.25, -0.2) is 4.90 Å². The molecule has 0 saturated carbocycles. The molecule has 2 aliphatic rings. The number of imide groups is 1. The lowest BCUT2D eigenvalue weighted by molar-refractivity contribution is -0.120. The van der Waals surface area contributed by atoms with Gasteiger partial charge in [0.2, 0.25) is 0 Å². The molecule has 168 valence electrons. The number of nitrogens with zero attached hydrogens (tertiary/aromatic N) is 2. The third kappa shape index (κ3) is 3.97. The number of carbonyl (C=O) groups excluding carboxylic acids is 2. The van der Waals surface area contributed by atoms with Gasteiger partial charge in [0.1, 0.15) is 17.2 Å². The van der Waals surface area contributed by atoms with E-state index in [0.29, 0.717) is 46.7 Å². The van der Waals surface area contributed by atoms with Crippen molar-refractivity contribution in [3.05, 3.63) is 59.8 Å². The third-order valence-electron chi connectivity index (χ3n) is 6.02. The Morgan fingerprint density at radius 3 is 2.22 bits per heavy atom. The number of benzene rings is 2. The molecular weight excluding hydrogens is 404 g/mol. The molecule has 2 atom stereocenters. The van der Waals surface area contributed by atoms with Crippen molar-refractivity contribution in [3.8, 4) is 11.5 Å². The fourth-order valence-corrected chi connectivity index (χ4v) is 4.84. The Labute approximate surface area is 189 Å². The van der Waals surface area contributed by atoms with Crippen LogP contribution in [-0.2, 0) is 9.59 Å². The minimum Gasteiger partial charge on any atom is -0.495 e. The van der Waals surface area contributed by atoms with Crippen molar-refractivity contribution < 1.29 is 19.1 Å². The second-order valence-electron chi connectivity index (χ2n) is 8.65. The second-order valence-corrected chi connectivity index (χ2v) is 8.65. The summed E-state index contributed by atoms with van der Waals surface area (Å²) in [6.07, 6.45) is 1.11. The average Bonchev–Trinajstić information content (AvgIpc) is 3.03. The van der Waals surface area contributed by atoms with Crippen LogP contribution in [0.4, 0.5) is 5.69 Å². The number of hydrogen-bond acceptors (Lipinski definition) is 5. The molecule has 2 aromatic carbocycles. The highest BCUT2D eigenvalue weighted by Crippen LogP contribution is 2.40. The molecule has 2 amide bonds. The van der Waals surface area contributed by atoms with E-state index < -0.39 is 0 Å². The number of amides is 2. The van der Waals surface area contributed by atoms with Crippen LogP contribution in [0, 0.1) is 11.8 Å². The number of rotatable bonds is 6. The molecule has 2 heterocycles. The first-order chi connectivity index (χ1) is 15.4. The zero-order chi connectivity index (χ0) is 22.8. The van der Waals surface area contributed by atoms with E-state index in [1.54, 1.807) is 25.3 Å². The molecule has 32 heavy (non-hydrogen) atoms. The summed E-state index contributed by atoms with van der Waals surface area (Å²) >= 11 is 0. The fourth-order valence-electron chi connectivity index (χ4n) is 4.84. The maximum Gasteiger partial charge on any atom is 0.282 e. The minimum atomic E-state index is -0.329. The summed E-state index contributed by atoms with van der Waals surface area (Å²) in [6.45, 7) is 8.38. The van der Waals surface area contributed by atoms with E-state index in [-0.39, 0.29) is 11.8 Å². The number of piperidine rings is 1. The molecule has 0 aliphatic carbocycles. The monoisotopic (exact) mass is 434 g/mol. The van der Waals surface area contributed by atoms with E-state index >= 15 is 0 Å². The van der Waals surface area contributed by atoms with Crippen LogP contribution < -0.4 is 14.4 Å². The molecule has 2 unspecified atom stereocenters. The molecule has 4 rings (SSSR count). The number of para-hydroxylation sites is 2. The van der Waals surface area contributed by atoms with Gasteiger partial charge in [-0.05, 0) is 55.0 Å². The smallest absolute Gasteiger partial charge is 0.282 e. The zero-order valence-electron chi connectivity index (χ0n) is 19.1. The highest BCUT2D eigenvalue weighted by atomic mass is 16.5. The molecule has 0 bridgehead atoms. The van der Waals surface area contributed by atoms with Crippen molar-refractivity contribution in [2.24, 2.45) is 11.8 Å². The van der Waals surface area contributed by atoms with Crippen LogP contribution in [0.3, 0.4) is 0 Å². The van der Waals surface area contributed by atoms with Crippen molar-refractivity contribution in [1.29, 1.82) is 0 Å². The van der Waals surface area contributed by atoms with Crippen molar-refractivity contribution in [2.45, 2.75) is 27.2 Å². The van der Waals surface area contributed by atoms with Crippen LogP contribution in [0.2, 0.25) is 0 Å². The normalized spacial score (nSPS) is 21.4. The molecule has 0 spiro atoms. The van der Waals surface area contributed by atoms with E-state index in [4.69, 9.17) is 9.47 Å². The molecule has 0 radical (unpaired) electrons. The van der Waals surface area contributed by atoms with Gasteiger partial charge in [0.05, 0.1) is 25.0 Å². The van der Waals surface area contributed by atoms with Crippen LogP contribution in [0.5, 0.6) is 11.5 Å². The maximum absolute atomic E-state index is 13.8. The van der Waals surface area contributed by atoms with Crippen LogP contribution in [0.25, 0.3) is 5.57 Å². The number of carbonyl (C=O) groups is 2. The van der Waals surface area contributed by atoms with Gasteiger partial charge < -0.3 is 14.4 Å². The first-order valence-electron chi connectivity index (χ1n) is 11.2. The van der Waals surface area contributed by atoms with Gasteiger partial charge in [-0.2, -0.15) is 0 Å². The molecule has 1 fully saturated rings. The second kappa shape index (κ2) is 9.07. The Morgan fingerprint density at radius 1 is 0.938 bits per heavy atom. The van der Waals surface area contributed by atoms with E-state index in [0.717, 1.165) is 25.3 Å². The molecule has 0 aromatic heterocycles. The quantitative estimate of drug-likeness (QED) is 0.633. The highest BCUT2D eigenvalue weighted by Gasteiger charge is 2.44. The van der Waals surface area contributed by atoms with Crippen LogP contribution in [0.1, 0.15) is 32.8 Å². The Bertz CT molecular complexity index is 1030. The lowest BCUT2D eigenvalue weighted by Crippen LogP contribution is -2.42. The largest absolute Gasteiger partial charge is 0.495 e. The van der Waals surface area contributed by atoms with Crippen LogP contribution >= 0.6 is 0 Å². The molecule has 2 aliphatic heterocycles. The van der Waals surface area contributed by atoms with Crippen molar-refractivity contribution >= 4 is 23.1 Å². The van der Waals surface area contributed by atoms with Gasteiger partial charge in [-0.3, -0.25) is 9.59 Å². The van der Waals surface area contributed by atoms with E-state index in [2.05, 4.69) is 18.7 Å². The summed E-state index contributed by atoms with van der Waals surface area (Å²) < 4.78 is 11.0. The summed E-state index contributed by atoms with van der Waals surface area (Å²) in [5.74, 6) is 1.47. The zero-order valence-corrected chi connectivity index (χ0v) is 19.1. The predicted molar refractivity (Wildman–Crippen MR) is 125 cm³/mol. The topological polar surface area (TPSA) is 59.1 Å². The van der Waals surface area contributed by atoms with Crippen LogP contribution in [-0.4, -0.2) is 43.5 Å². The first kappa shape index (κ1) is 21.9. The predicted octanol–water partition coefficient (Wildman–Crippen LogP) is 4.36. The molecular formula is C26H30N2O4. The maximum atomic E-state index is 13.8. The van der Waals surface area contributed by atoms with E-state index in [9.17, 15) is 9.59 Å². The summed E-state index contributed by atoms with van der Waals surface area (Å²) in [6, 6.07) is 14.5. The van der Waals surface area contributed by atoms with Crippen molar-refractivity contribution in [2.75, 3.05) is 31.7 Å².